The summed E-state index contributed by atoms with van der Waals surface area (Å²) in [5, 5.41) is 3.74. The normalized spacial score (nSPS) is 24.8. The van der Waals surface area contributed by atoms with E-state index in [1.54, 1.807) is 0 Å². The predicted molar refractivity (Wildman–Crippen MR) is 81.7 cm³/mol. The fourth-order valence-corrected chi connectivity index (χ4v) is 3.60. The Labute approximate surface area is 117 Å². The third-order valence-corrected chi connectivity index (χ3v) is 4.84. The zero-order valence-corrected chi connectivity index (χ0v) is 12.5. The summed E-state index contributed by atoms with van der Waals surface area (Å²) in [7, 11) is 2.18. The lowest BCUT2D eigenvalue weighted by Gasteiger charge is -2.18. The second kappa shape index (κ2) is 4.82. The van der Waals surface area contributed by atoms with Crippen LogP contribution in [0.25, 0.3) is 0 Å². The standard InChI is InChI=1S/C17H26N2/c1-17(2)8-6-15(11-17)18-12-13-4-5-16-14(10-13)7-9-19(16)3/h4-5,10,15,18H,6-9,11-12H2,1-3H3. The molecule has 2 aliphatic rings. The van der Waals surface area contributed by atoms with Crippen LogP contribution in [0.4, 0.5) is 5.69 Å². The summed E-state index contributed by atoms with van der Waals surface area (Å²) in [6.45, 7) is 6.97. The molecule has 0 bridgehead atoms. The Kier molecular flexibility index (Phi) is 3.30. The topological polar surface area (TPSA) is 15.3 Å². The molecule has 1 aromatic rings. The van der Waals surface area contributed by atoms with Crippen molar-refractivity contribution in [2.75, 3.05) is 18.5 Å². The Balaban J connectivity index is 1.59. The van der Waals surface area contributed by atoms with E-state index in [9.17, 15) is 0 Å². The van der Waals surface area contributed by atoms with Gasteiger partial charge in [0.25, 0.3) is 0 Å². The molecule has 2 nitrogen and oxygen atoms in total. The summed E-state index contributed by atoms with van der Waals surface area (Å²) in [5.74, 6) is 0. The van der Waals surface area contributed by atoms with Gasteiger partial charge < -0.3 is 10.2 Å². The molecule has 0 aromatic heterocycles. The summed E-state index contributed by atoms with van der Waals surface area (Å²) in [6.07, 6.45) is 5.22. The first-order valence-electron chi connectivity index (χ1n) is 7.60. The number of benzene rings is 1. The fraction of sp³-hybridized carbons (Fsp3) is 0.647. The maximum Gasteiger partial charge on any atom is 0.0397 e. The van der Waals surface area contributed by atoms with Crippen LogP contribution in [-0.2, 0) is 13.0 Å². The van der Waals surface area contributed by atoms with E-state index in [0.717, 1.165) is 6.54 Å². The molecular weight excluding hydrogens is 232 g/mol. The lowest BCUT2D eigenvalue weighted by molar-refractivity contribution is 0.364. The van der Waals surface area contributed by atoms with Gasteiger partial charge in [0.15, 0.2) is 0 Å². The number of likely N-dealkylation sites (N-methyl/N-ethyl adjacent to an activating group) is 1. The van der Waals surface area contributed by atoms with Crippen LogP contribution in [0.2, 0.25) is 0 Å². The van der Waals surface area contributed by atoms with Gasteiger partial charge in [-0.1, -0.05) is 26.0 Å². The fourth-order valence-electron chi connectivity index (χ4n) is 3.60. The minimum Gasteiger partial charge on any atom is -0.374 e. The summed E-state index contributed by atoms with van der Waals surface area (Å²) in [5.41, 5.74) is 4.93. The van der Waals surface area contributed by atoms with Crippen molar-refractivity contribution in [2.45, 2.75) is 52.1 Å². The van der Waals surface area contributed by atoms with Gasteiger partial charge in [-0.3, -0.25) is 0 Å². The van der Waals surface area contributed by atoms with Gasteiger partial charge >= 0.3 is 0 Å². The average molecular weight is 258 g/mol. The summed E-state index contributed by atoms with van der Waals surface area (Å²) in [6, 6.07) is 7.68. The smallest absolute Gasteiger partial charge is 0.0397 e. The van der Waals surface area contributed by atoms with Crippen LogP contribution < -0.4 is 10.2 Å². The van der Waals surface area contributed by atoms with Crippen molar-refractivity contribution in [3.63, 3.8) is 0 Å². The molecule has 1 aliphatic heterocycles. The Morgan fingerprint density at radius 2 is 2.21 bits per heavy atom. The van der Waals surface area contributed by atoms with Crippen LogP contribution in [0.5, 0.6) is 0 Å². The van der Waals surface area contributed by atoms with Crippen LogP contribution in [0.3, 0.4) is 0 Å². The van der Waals surface area contributed by atoms with E-state index in [1.165, 1.54) is 49.0 Å². The van der Waals surface area contributed by atoms with Crippen molar-refractivity contribution in [1.82, 2.24) is 5.32 Å². The van der Waals surface area contributed by atoms with Crippen LogP contribution in [-0.4, -0.2) is 19.6 Å². The van der Waals surface area contributed by atoms with E-state index >= 15 is 0 Å². The van der Waals surface area contributed by atoms with Crippen LogP contribution >= 0.6 is 0 Å². The molecule has 1 heterocycles. The van der Waals surface area contributed by atoms with E-state index in [1.807, 2.05) is 0 Å². The lowest BCUT2D eigenvalue weighted by Crippen LogP contribution is -2.26. The highest BCUT2D eigenvalue weighted by Gasteiger charge is 2.30. The molecule has 1 fully saturated rings. The lowest BCUT2D eigenvalue weighted by atomic mass is 9.92. The number of hydrogen-bond donors (Lipinski definition) is 1. The number of fused-ring (bicyclic) bond motifs is 1. The maximum atomic E-state index is 3.74. The summed E-state index contributed by atoms with van der Waals surface area (Å²) >= 11 is 0. The number of hydrogen-bond acceptors (Lipinski definition) is 2. The van der Waals surface area contributed by atoms with E-state index in [2.05, 4.69) is 49.3 Å². The highest BCUT2D eigenvalue weighted by atomic mass is 15.1. The first kappa shape index (κ1) is 13.0. The van der Waals surface area contributed by atoms with Crippen LogP contribution in [0.15, 0.2) is 18.2 Å². The van der Waals surface area contributed by atoms with E-state index in [0.29, 0.717) is 11.5 Å². The first-order valence-corrected chi connectivity index (χ1v) is 7.60. The second-order valence-electron chi connectivity index (χ2n) is 7.12. The van der Waals surface area contributed by atoms with E-state index in [-0.39, 0.29) is 0 Å². The monoisotopic (exact) mass is 258 g/mol. The quantitative estimate of drug-likeness (QED) is 0.894. The van der Waals surface area contributed by atoms with Gasteiger partial charge in [0.1, 0.15) is 0 Å². The molecular formula is C17H26N2. The zero-order chi connectivity index (χ0) is 13.5. The van der Waals surface area contributed by atoms with Crippen molar-refractivity contribution in [2.24, 2.45) is 5.41 Å². The summed E-state index contributed by atoms with van der Waals surface area (Å²) in [4.78, 5) is 2.35. The maximum absolute atomic E-state index is 3.74. The number of rotatable bonds is 3. The van der Waals surface area contributed by atoms with Crippen LogP contribution in [0, 0.1) is 5.41 Å². The second-order valence-corrected chi connectivity index (χ2v) is 7.12. The zero-order valence-electron chi connectivity index (χ0n) is 12.5. The molecule has 1 aliphatic carbocycles. The van der Waals surface area contributed by atoms with Crippen molar-refractivity contribution in [3.05, 3.63) is 29.3 Å². The molecule has 1 saturated carbocycles. The molecule has 0 radical (unpaired) electrons. The molecule has 1 aromatic carbocycles. The highest BCUT2D eigenvalue weighted by Crippen LogP contribution is 2.37. The Morgan fingerprint density at radius 3 is 2.95 bits per heavy atom. The third-order valence-electron chi connectivity index (χ3n) is 4.84. The van der Waals surface area contributed by atoms with Gasteiger partial charge in [-0.2, -0.15) is 0 Å². The molecule has 0 spiro atoms. The molecule has 3 rings (SSSR count). The Bertz CT molecular complexity index is 464. The van der Waals surface area contributed by atoms with Gasteiger partial charge in [-0.25, -0.2) is 0 Å². The molecule has 19 heavy (non-hydrogen) atoms. The van der Waals surface area contributed by atoms with Crippen molar-refractivity contribution >= 4 is 5.69 Å². The number of nitrogens with zero attached hydrogens (tertiary/aromatic N) is 1. The van der Waals surface area contributed by atoms with E-state index < -0.39 is 0 Å². The number of nitrogens with one attached hydrogen (secondary N) is 1. The van der Waals surface area contributed by atoms with Crippen molar-refractivity contribution < 1.29 is 0 Å². The Hall–Kier alpha value is -1.02. The molecule has 1 unspecified atom stereocenters. The van der Waals surface area contributed by atoms with Gasteiger partial charge in [-0.05, 0) is 48.3 Å². The minimum atomic E-state index is 0.540. The van der Waals surface area contributed by atoms with Gasteiger partial charge in [0.2, 0.25) is 0 Å². The molecule has 1 atom stereocenters. The SMILES string of the molecule is CN1CCc2cc(CNC3CCC(C)(C)C3)ccc21. The molecule has 104 valence electrons. The van der Waals surface area contributed by atoms with Crippen molar-refractivity contribution in [3.8, 4) is 0 Å². The molecule has 2 heteroatoms. The largest absolute Gasteiger partial charge is 0.374 e. The molecule has 1 N–H and O–H groups in total. The van der Waals surface area contributed by atoms with Gasteiger partial charge in [0.05, 0.1) is 0 Å². The average Bonchev–Trinajstić information content (AvgIpc) is 2.90. The predicted octanol–water partition coefficient (Wildman–Crippen LogP) is 3.35. The summed E-state index contributed by atoms with van der Waals surface area (Å²) < 4.78 is 0. The Morgan fingerprint density at radius 1 is 1.37 bits per heavy atom. The minimum absolute atomic E-state index is 0.540. The molecule has 0 amide bonds. The highest BCUT2D eigenvalue weighted by molar-refractivity contribution is 5.58. The van der Waals surface area contributed by atoms with E-state index in [4.69, 9.17) is 0 Å². The van der Waals surface area contributed by atoms with Crippen molar-refractivity contribution in [1.29, 1.82) is 0 Å². The number of anilines is 1. The third kappa shape index (κ3) is 2.79. The first-order chi connectivity index (χ1) is 9.03. The van der Waals surface area contributed by atoms with Gasteiger partial charge in [0, 0.05) is 31.9 Å². The van der Waals surface area contributed by atoms with Crippen LogP contribution in [0.1, 0.15) is 44.2 Å². The molecule has 0 saturated heterocycles. The van der Waals surface area contributed by atoms with Gasteiger partial charge in [-0.15, -0.1) is 0 Å².